The molecule has 2 aliphatic rings. The lowest BCUT2D eigenvalue weighted by Crippen LogP contribution is -2.43. The average Bonchev–Trinajstić information content (AvgIpc) is 3.41. The van der Waals surface area contributed by atoms with Gasteiger partial charge in [-0.15, -0.1) is 11.3 Å². The molecule has 0 bridgehead atoms. The fraction of sp³-hybridized carbons (Fsp3) is 0.0417. The van der Waals surface area contributed by atoms with Crippen molar-refractivity contribution < 1.29 is 18.0 Å². The van der Waals surface area contributed by atoms with Crippen molar-refractivity contribution in [2.75, 3.05) is 10.2 Å². The minimum Gasteiger partial charge on any atom is -0.323 e. The smallest absolute Gasteiger partial charge is 0.266 e. The number of carbonyl (C=O) groups is 1. The van der Waals surface area contributed by atoms with Crippen molar-refractivity contribution in [3.05, 3.63) is 94.1 Å². The minimum atomic E-state index is -1.39. The third-order valence-electron chi connectivity index (χ3n) is 5.71. The van der Waals surface area contributed by atoms with Gasteiger partial charge in [0.25, 0.3) is 5.91 Å². The number of rotatable bonds is 2. The van der Waals surface area contributed by atoms with Gasteiger partial charge in [0.15, 0.2) is 0 Å². The maximum atomic E-state index is 14.8. The van der Waals surface area contributed by atoms with Crippen LogP contribution in [0, 0.1) is 17.5 Å². The molecule has 1 atom stereocenters. The van der Waals surface area contributed by atoms with Gasteiger partial charge in [-0.25, -0.2) is 13.2 Å². The molecule has 0 saturated carbocycles. The van der Waals surface area contributed by atoms with E-state index in [1.165, 1.54) is 65.6 Å². The molecule has 9 heteroatoms. The summed E-state index contributed by atoms with van der Waals surface area (Å²) in [5.74, 6) is -1.77. The zero-order valence-corrected chi connectivity index (χ0v) is 18.9. The lowest BCUT2D eigenvalue weighted by molar-refractivity contribution is -0.117. The van der Waals surface area contributed by atoms with Gasteiger partial charge < -0.3 is 10.2 Å². The van der Waals surface area contributed by atoms with Crippen molar-refractivity contribution in [1.82, 2.24) is 0 Å². The predicted molar refractivity (Wildman–Crippen MR) is 126 cm³/mol. The zero-order valence-electron chi connectivity index (χ0n) is 16.5. The molecule has 3 aromatic carbocycles. The normalized spacial score (nSPS) is 18.5. The van der Waals surface area contributed by atoms with Crippen molar-refractivity contribution >= 4 is 57.7 Å². The Morgan fingerprint density at radius 3 is 2.48 bits per heavy atom. The highest BCUT2D eigenvalue weighted by atomic mass is 35.5. The number of thioether (sulfide) groups is 1. The Hall–Kier alpha value is -2.94. The van der Waals surface area contributed by atoms with Gasteiger partial charge in [0.05, 0.1) is 20.5 Å². The van der Waals surface area contributed by atoms with Gasteiger partial charge in [-0.3, -0.25) is 4.79 Å². The monoisotopic (exact) mass is 500 g/mol. The summed E-state index contributed by atoms with van der Waals surface area (Å²) in [5.41, 5.74) is 2.35. The first kappa shape index (κ1) is 20.7. The number of nitrogens with zero attached hydrogens (tertiary/aromatic N) is 1. The summed E-state index contributed by atoms with van der Waals surface area (Å²) in [7, 11) is 0. The van der Waals surface area contributed by atoms with E-state index in [0.29, 0.717) is 32.4 Å². The van der Waals surface area contributed by atoms with Crippen LogP contribution >= 0.6 is 34.7 Å². The number of thiophene rings is 1. The summed E-state index contributed by atoms with van der Waals surface area (Å²) in [6, 6.07) is 14.3. The number of fused-ring (bicyclic) bond motifs is 3. The molecule has 0 aliphatic carbocycles. The summed E-state index contributed by atoms with van der Waals surface area (Å²) < 4.78 is 42.9. The van der Waals surface area contributed by atoms with Crippen LogP contribution in [0.5, 0.6) is 0 Å². The third kappa shape index (κ3) is 2.87. The molecule has 3 heterocycles. The predicted octanol–water partition coefficient (Wildman–Crippen LogP) is 7.53. The SMILES string of the molecule is O=C1Nc2ccc(F)cc2C12Sc1c(csc1-c1c(F)cccc1Cl)N2c1ccc(F)cc1. The van der Waals surface area contributed by atoms with Crippen LogP contribution in [0.1, 0.15) is 5.56 Å². The molecule has 2 aliphatic heterocycles. The van der Waals surface area contributed by atoms with Crippen LogP contribution in [0.4, 0.5) is 30.2 Å². The molecule has 164 valence electrons. The standard InChI is InChI=1S/C24H12ClF3N2OS2/c25-16-2-1-3-17(28)20(16)22-21-19(11-32-22)30(14-7-4-12(26)5-8-14)24(33-21)15-10-13(27)6-9-18(15)29-23(24)31/h1-11H,(H,29,31). The number of carbonyl (C=O) groups excluding carboxylic acids is 1. The second-order valence-electron chi connectivity index (χ2n) is 7.58. The van der Waals surface area contributed by atoms with Gasteiger partial charge in [0.2, 0.25) is 4.87 Å². The highest BCUT2D eigenvalue weighted by molar-refractivity contribution is 8.02. The molecule has 1 spiro atoms. The molecular formula is C24H12ClF3N2OS2. The first-order valence-corrected chi connectivity index (χ1v) is 11.9. The third-order valence-corrected chi connectivity index (χ3v) is 8.64. The van der Waals surface area contributed by atoms with E-state index in [1.807, 2.05) is 5.38 Å². The Morgan fingerprint density at radius 1 is 0.970 bits per heavy atom. The Balaban J connectivity index is 1.63. The van der Waals surface area contributed by atoms with E-state index >= 15 is 0 Å². The summed E-state index contributed by atoms with van der Waals surface area (Å²) >= 11 is 8.84. The quantitative estimate of drug-likeness (QED) is 0.308. The minimum absolute atomic E-state index is 0.242. The summed E-state index contributed by atoms with van der Waals surface area (Å²) in [6.07, 6.45) is 0. The largest absolute Gasteiger partial charge is 0.323 e. The van der Waals surface area contributed by atoms with E-state index in [1.54, 1.807) is 23.1 Å². The van der Waals surface area contributed by atoms with E-state index in [2.05, 4.69) is 5.32 Å². The lowest BCUT2D eigenvalue weighted by atomic mass is 10.0. The van der Waals surface area contributed by atoms with Crippen LogP contribution in [0.25, 0.3) is 10.4 Å². The first-order valence-electron chi connectivity index (χ1n) is 9.82. The van der Waals surface area contributed by atoms with Crippen LogP contribution < -0.4 is 10.2 Å². The topological polar surface area (TPSA) is 32.3 Å². The molecule has 1 N–H and O–H groups in total. The number of halogens is 4. The van der Waals surface area contributed by atoms with Crippen molar-refractivity contribution in [2.45, 2.75) is 9.77 Å². The number of hydrogen-bond donors (Lipinski definition) is 1. The van der Waals surface area contributed by atoms with Crippen LogP contribution in [0.2, 0.25) is 5.02 Å². The molecule has 33 heavy (non-hydrogen) atoms. The number of amides is 1. The van der Waals surface area contributed by atoms with Crippen molar-refractivity contribution in [2.24, 2.45) is 0 Å². The van der Waals surface area contributed by atoms with Crippen molar-refractivity contribution in [3.8, 4) is 10.4 Å². The Labute approximate surface area is 199 Å². The van der Waals surface area contributed by atoms with Gasteiger partial charge >= 0.3 is 0 Å². The highest BCUT2D eigenvalue weighted by Gasteiger charge is 2.58. The van der Waals surface area contributed by atoms with Crippen LogP contribution in [0.3, 0.4) is 0 Å². The van der Waals surface area contributed by atoms with Gasteiger partial charge in [-0.05, 0) is 54.6 Å². The number of benzene rings is 3. The Morgan fingerprint density at radius 2 is 1.73 bits per heavy atom. The van der Waals surface area contributed by atoms with E-state index in [-0.39, 0.29) is 16.5 Å². The van der Waals surface area contributed by atoms with E-state index in [9.17, 15) is 18.0 Å². The van der Waals surface area contributed by atoms with Crippen molar-refractivity contribution in [3.63, 3.8) is 0 Å². The van der Waals surface area contributed by atoms with E-state index < -0.39 is 22.3 Å². The van der Waals surface area contributed by atoms with Gasteiger partial charge in [0, 0.05) is 27.9 Å². The summed E-state index contributed by atoms with van der Waals surface area (Å²) in [5, 5.41) is 4.89. The molecular weight excluding hydrogens is 489 g/mol. The maximum Gasteiger partial charge on any atom is 0.266 e. The van der Waals surface area contributed by atoms with Crippen molar-refractivity contribution in [1.29, 1.82) is 0 Å². The van der Waals surface area contributed by atoms with Gasteiger partial charge in [-0.1, -0.05) is 29.4 Å². The number of hydrogen-bond acceptors (Lipinski definition) is 4. The lowest BCUT2D eigenvalue weighted by Gasteiger charge is -2.34. The molecule has 0 saturated heterocycles. The van der Waals surface area contributed by atoms with E-state index in [4.69, 9.17) is 11.6 Å². The fourth-order valence-electron chi connectivity index (χ4n) is 4.31. The fourth-order valence-corrected chi connectivity index (χ4v) is 7.42. The summed E-state index contributed by atoms with van der Waals surface area (Å²) in [6.45, 7) is 0. The first-order chi connectivity index (χ1) is 15.9. The molecule has 4 aromatic rings. The van der Waals surface area contributed by atoms with Crippen LogP contribution in [-0.4, -0.2) is 5.91 Å². The molecule has 0 radical (unpaired) electrons. The van der Waals surface area contributed by atoms with Crippen LogP contribution in [-0.2, 0) is 9.67 Å². The second kappa shape index (κ2) is 7.28. The highest BCUT2D eigenvalue weighted by Crippen LogP contribution is 2.66. The molecule has 1 aromatic heterocycles. The number of anilines is 3. The molecule has 1 unspecified atom stereocenters. The van der Waals surface area contributed by atoms with Gasteiger partial charge in [0.1, 0.15) is 17.5 Å². The second-order valence-corrected chi connectivity index (χ2v) is 10.1. The Kier molecular flexibility index (Phi) is 4.56. The molecule has 0 fully saturated rings. The maximum absolute atomic E-state index is 14.8. The molecule has 6 rings (SSSR count). The van der Waals surface area contributed by atoms with Gasteiger partial charge in [-0.2, -0.15) is 0 Å². The summed E-state index contributed by atoms with van der Waals surface area (Å²) in [4.78, 5) is 15.1. The molecule has 3 nitrogen and oxygen atoms in total. The average molecular weight is 501 g/mol. The molecule has 1 amide bonds. The Bertz CT molecular complexity index is 1440. The van der Waals surface area contributed by atoms with E-state index in [0.717, 1.165) is 0 Å². The number of nitrogens with one attached hydrogen (secondary N) is 1. The van der Waals surface area contributed by atoms with Crippen LogP contribution in [0.15, 0.2) is 70.9 Å². The zero-order chi connectivity index (χ0) is 22.9.